The van der Waals surface area contributed by atoms with Crippen molar-refractivity contribution in [1.82, 2.24) is 20.2 Å². The highest BCUT2D eigenvalue weighted by Gasteiger charge is 2.35. The molecule has 1 aromatic carbocycles. The zero-order valence-corrected chi connectivity index (χ0v) is 17.7. The molecule has 0 bridgehead atoms. The van der Waals surface area contributed by atoms with Gasteiger partial charge in [-0.2, -0.15) is 0 Å². The van der Waals surface area contributed by atoms with Gasteiger partial charge < -0.3 is 19.4 Å². The van der Waals surface area contributed by atoms with Gasteiger partial charge >= 0.3 is 6.09 Å². The Labute approximate surface area is 184 Å². The van der Waals surface area contributed by atoms with E-state index in [4.69, 9.17) is 4.74 Å². The van der Waals surface area contributed by atoms with Crippen LogP contribution in [0.5, 0.6) is 5.75 Å². The van der Waals surface area contributed by atoms with Crippen molar-refractivity contribution in [2.75, 3.05) is 20.8 Å². The van der Waals surface area contributed by atoms with Gasteiger partial charge in [-0.1, -0.05) is 18.2 Å². The first-order valence-electron chi connectivity index (χ1n) is 10.0. The summed E-state index contributed by atoms with van der Waals surface area (Å²) in [6.45, 7) is 0.965. The van der Waals surface area contributed by atoms with Crippen LogP contribution in [-0.2, 0) is 20.9 Å². The number of imide groups is 1. The van der Waals surface area contributed by atoms with Crippen molar-refractivity contribution in [3.63, 3.8) is 0 Å². The number of fused-ring (bicyclic) bond motifs is 1. The van der Waals surface area contributed by atoms with Crippen molar-refractivity contribution < 1.29 is 23.9 Å². The summed E-state index contributed by atoms with van der Waals surface area (Å²) >= 11 is 0. The fraction of sp³-hybridized carbons (Fsp3) is 0.217. The standard InChI is InChI=1S/C23H22N4O5/c1-31-17-9-4-3-7-15(17)18-19(22(29)26-21(18)28)16-13-27(12-6-11-25-23(30)32-2)20-14(16)8-5-10-24-20/h3-5,7-10,13H,6,11-12H2,1-2H3,(H,25,30)(H,26,28,29). The molecular formula is C23H22N4O5. The van der Waals surface area contributed by atoms with Gasteiger partial charge in [-0.3, -0.25) is 14.9 Å². The van der Waals surface area contributed by atoms with Crippen LogP contribution in [0.3, 0.4) is 0 Å². The van der Waals surface area contributed by atoms with Gasteiger partial charge in [0.1, 0.15) is 11.4 Å². The molecule has 0 unspecified atom stereocenters. The molecule has 1 aliphatic rings. The summed E-state index contributed by atoms with van der Waals surface area (Å²) in [7, 11) is 2.83. The van der Waals surface area contributed by atoms with Gasteiger partial charge in [0.05, 0.1) is 25.4 Å². The van der Waals surface area contributed by atoms with Gasteiger partial charge in [-0.25, -0.2) is 9.78 Å². The van der Waals surface area contributed by atoms with Crippen molar-refractivity contribution in [2.24, 2.45) is 0 Å². The predicted octanol–water partition coefficient (Wildman–Crippen LogP) is 2.36. The number of para-hydroxylation sites is 1. The number of amides is 3. The molecule has 0 radical (unpaired) electrons. The maximum Gasteiger partial charge on any atom is 0.406 e. The first kappa shape index (κ1) is 21.1. The second kappa shape index (κ2) is 8.93. The van der Waals surface area contributed by atoms with E-state index in [-0.39, 0.29) is 11.1 Å². The van der Waals surface area contributed by atoms with Crippen LogP contribution < -0.4 is 15.4 Å². The van der Waals surface area contributed by atoms with Crippen LogP contribution in [0.25, 0.3) is 22.2 Å². The molecule has 0 spiro atoms. The van der Waals surface area contributed by atoms with E-state index in [0.717, 1.165) is 5.39 Å². The lowest BCUT2D eigenvalue weighted by atomic mass is 9.96. The molecule has 9 nitrogen and oxygen atoms in total. The Bertz CT molecular complexity index is 1240. The third kappa shape index (κ3) is 3.80. The molecule has 3 amide bonds. The Hall–Kier alpha value is -4.14. The Morgan fingerprint density at radius 3 is 2.56 bits per heavy atom. The highest BCUT2D eigenvalue weighted by atomic mass is 16.5. The van der Waals surface area contributed by atoms with E-state index in [1.165, 1.54) is 14.2 Å². The number of methoxy groups -OCH3 is 2. The molecule has 4 rings (SSSR count). The third-order valence-electron chi connectivity index (χ3n) is 5.24. The molecular weight excluding hydrogens is 412 g/mol. The van der Waals surface area contributed by atoms with Crippen molar-refractivity contribution >= 4 is 40.1 Å². The Balaban J connectivity index is 1.79. The smallest absolute Gasteiger partial charge is 0.406 e. The zero-order chi connectivity index (χ0) is 22.7. The molecule has 0 atom stereocenters. The van der Waals surface area contributed by atoms with E-state index in [2.05, 4.69) is 20.4 Å². The average Bonchev–Trinajstić information content (AvgIpc) is 3.32. The van der Waals surface area contributed by atoms with Crippen LogP contribution in [-0.4, -0.2) is 48.2 Å². The van der Waals surface area contributed by atoms with Crippen LogP contribution in [0.4, 0.5) is 4.79 Å². The number of carbonyl (C=O) groups is 3. The molecule has 32 heavy (non-hydrogen) atoms. The highest BCUT2D eigenvalue weighted by molar-refractivity contribution is 6.50. The Morgan fingerprint density at radius 2 is 1.81 bits per heavy atom. The Kier molecular flexibility index (Phi) is 5.89. The van der Waals surface area contributed by atoms with Crippen LogP contribution in [0.2, 0.25) is 0 Å². The number of nitrogens with one attached hydrogen (secondary N) is 2. The fourth-order valence-electron chi connectivity index (χ4n) is 3.82. The first-order valence-corrected chi connectivity index (χ1v) is 10.0. The first-order chi connectivity index (χ1) is 15.5. The summed E-state index contributed by atoms with van der Waals surface area (Å²) in [4.78, 5) is 41.4. The summed E-state index contributed by atoms with van der Waals surface area (Å²) < 4.78 is 11.9. The maximum atomic E-state index is 12.9. The largest absolute Gasteiger partial charge is 0.496 e. The normalized spacial score (nSPS) is 13.4. The number of ether oxygens (including phenoxy) is 2. The van der Waals surface area contributed by atoms with E-state index >= 15 is 0 Å². The summed E-state index contributed by atoms with van der Waals surface area (Å²) in [6.07, 6.45) is 3.62. The number of hydrogen-bond acceptors (Lipinski definition) is 6. The number of carbonyl (C=O) groups excluding carboxylic acids is 3. The number of rotatable bonds is 7. The van der Waals surface area contributed by atoms with Gasteiger partial charge in [0.2, 0.25) is 0 Å². The third-order valence-corrected chi connectivity index (χ3v) is 5.24. The lowest BCUT2D eigenvalue weighted by molar-refractivity contribution is -0.122. The van der Waals surface area contributed by atoms with Crippen LogP contribution >= 0.6 is 0 Å². The Morgan fingerprint density at radius 1 is 1.06 bits per heavy atom. The number of aromatic nitrogens is 2. The van der Waals surface area contributed by atoms with Crippen molar-refractivity contribution in [2.45, 2.75) is 13.0 Å². The van der Waals surface area contributed by atoms with Crippen molar-refractivity contribution in [1.29, 1.82) is 0 Å². The fourth-order valence-corrected chi connectivity index (χ4v) is 3.82. The quantitative estimate of drug-likeness (QED) is 0.436. The minimum absolute atomic E-state index is 0.266. The van der Waals surface area contributed by atoms with Gasteiger partial charge in [0.15, 0.2) is 0 Å². The van der Waals surface area contributed by atoms with Crippen molar-refractivity contribution in [3.05, 3.63) is 59.9 Å². The monoisotopic (exact) mass is 434 g/mol. The van der Waals surface area contributed by atoms with E-state index in [1.807, 2.05) is 16.8 Å². The number of aryl methyl sites for hydroxylation is 1. The van der Waals surface area contributed by atoms with Crippen LogP contribution in [0.15, 0.2) is 48.8 Å². The molecule has 2 N–H and O–H groups in total. The van der Waals surface area contributed by atoms with E-state index in [9.17, 15) is 14.4 Å². The van der Waals surface area contributed by atoms with Crippen LogP contribution in [0.1, 0.15) is 17.5 Å². The number of hydrogen-bond donors (Lipinski definition) is 2. The molecule has 0 fully saturated rings. The second-order valence-corrected chi connectivity index (χ2v) is 7.12. The lowest BCUT2D eigenvalue weighted by Gasteiger charge is -2.09. The van der Waals surface area contributed by atoms with Gasteiger partial charge in [0, 0.05) is 42.0 Å². The molecule has 0 saturated heterocycles. The van der Waals surface area contributed by atoms with E-state index in [0.29, 0.717) is 42.0 Å². The van der Waals surface area contributed by atoms with E-state index in [1.54, 1.807) is 36.5 Å². The minimum Gasteiger partial charge on any atom is -0.496 e. The summed E-state index contributed by atoms with van der Waals surface area (Å²) in [5.41, 5.74) is 2.38. The van der Waals surface area contributed by atoms with Crippen LogP contribution in [0, 0.1) is 0 Å². The summed E-state index contributed by atoms with van der Waals surface area (Å²) in [5.74, 6) is -0.437. The molecule has 2 aromatic heterocycles. The SMILES string of the molecule is COC(=O)NCCCn1cc(C2=C(c3ccccc3OC)C(=O)NC2=O)c2cccnc21. The number of nitrogens with zero attached hydrogens (tertiary/aromatic N) is 2. The second-order valence-electron chi connectivity index (χ2n) is 7.12. The van der Waals surface area contributed by atoms with Gasteiger partial charge in [0.25, 0.3) is 11.8 Å². The van der Waals surface area contributed by atoms with Gasteiger partial charge in [-0.15, -0.1) is 0 Å². The molecule has 1 aliphatic heterocycles. The average molecular weight is 434 g/mol. The molecule has 3 aromatic rings. The number of benzene rings is 1. The molecule has 0 aliphatic carbocycles. The summed E-state index contributed by atoms with van der Waals surface area (Å²) in [5, 5.41) is 5.80. The topological polar surface area (TPSA) is 112 Å². The van der Waals surface area contributed by atoms with E-state index < -0.39 is 17.9 Å². The molecule has 164 valence electrons. The summed E-state index contributed by atoms with van der Waals surface area (Å²) in [6, 6.07) is 10.7. The molecule has 3 heterocycles. The van der Waals surface area contributed by atoms with Crippen molar-refractivity contribution in [3.8, 4) is 5.75 Å². The lowest BCUT2D eigenvalue weighted by Crippen LogP contribution is -2.24. The number of pyridine rings is 1. The molecule has 9 heteroatoms. The minimum atomic E-state index is -0.492. The molecule has 0 saturated carbocycles. The highest BCUT2D eigenvalue weighted by Crippen LogP contribution is 2.38. The maximum absolute atomic E-state index is 12.9. The van der Waals surface area contributed by atoms with Gasteiger partial charge in [-0.05, 0) is 24.6 Å². The predicted molar refractivity (Wildman–Crippen MR) is 118 cm³/mol. The zero-order valence-electron chi connectivity index (χ0n) is 17.7. The number of alkyl carbamates (subject to hydrolysis) is 1.